The van der Waals surface area contributed by atoms with E-state index in [1.807, 2.05) is 6.07 Å². The van der Waals surface area contributed by atoms with Gasteiger partial charge in [0.25, 0.3) is 0 Å². The minimum absolute atomic E-state index is 0.0136. The Bertz CT molecular complexity index is 916. The largest absolute Gasteiger partial charge is 0.325 e. The maximum atomic E-state index is 12.2. The van der Waals surface area contributed by atoms with Gasteiger partial charge >= 0.3 is 0 Å². The SMILES string of the molecule is CC(=O)c1ccc(NC(=O)CSc2nc3c(cc2C#N)CC(C)CC3)cc1. The van der Waals surface area contributed by atoms with Crippen molar-refractivity contribution in [3.8, 4) is 6.07 Å². The number of amides is 1. The summed E-state index contributed by atoms with van der Waals surface area (Å²) in [6.07, 6.45) is 2.98. The van der Waals surface area contributed by atoms with Gasteiger partial charge in [0, 0.05) is 16.9 Å². The van der Waals surface area contributed by atoms with Gasteiger partial charge in [0.2, 0.25) is 5.91 Å². The Hall–Kier alpha value is -2.65. The van der Waals surface area contributed by atoms with E-state index in [0.717, 1.165) is 30.5 Å². The smallest absolute Gasteiger partial charge is 0.234 e. The molecule has 0 saturated carbocycles. The summed E-state index contributed by atoms with van der Waals surface area (Å²) in [5.41, 5.74) is 3.98. The van der Waals surface area contributed by atoms with Crippen molar-refractivity contribution >= 4 is 29.1 Å². The molecule has 1 N–H and O–H groups in total. The van der Waals surface area contributed by atoms with Gasteiger partial charge < -0.3 is 5.32 Å². The highest BCUT2D eigenvalue weighted by atomic mass is 32.2. The number of carbonyl (C=O) groups is 2. The van der Waals surface area contributed by atoms with Crippen LogP contribution in [0.25, 0.3) is 0 Å². The summed E-state index contributed by atoms with van der Waals surface area (Å²) in [4.78, 5) is 28.2. The predicted octanol–water partition coefficient (Wildman–Crippen LogP) is 4.01. The first-order valence-corrected chi connectivity index (χ1v) is 9.91. The molecule has 1 aromatic heterocycles. The van der Waals surface area contributed by atoms with Crippen molar-refractivity contribution in [2.45, 2.75) is 38.1 Å². The lowest BCUT2D eigenvalue weighted by Crippen LogP contribution is -2.16. The number of carbonyl (C=O) groups excluding carboxylic acids is 2. The average molecular weight is 379 g/mol. The van der Waals surface area contributed by atoms with Crippen molar-refractivity contribution in [3.63, 3.8) is 0 Å². The van der Waals surface area contributed by atoms with Crippen molar-refractivity contribution in [2.75, 3.05) is 11.1 Å². The van der Waals surface area contributed by atoms with Crippen molar-refractivity contribution in [2.24, 2.45) is 5.92 Å². The van der Waals surface area contributed by atoms with Crippen LogP contribution in [0.3, 0.4) is 0 Å². The maximum absolute atomic E-state index is 12.2. The van der Waals surface area contributed by atoms with Gasteiger partial charge in [-0.25, -0.2) is 4.98 Å². The molecule has 1 aliphatic rings. The molecule has 0 saturated heterocycles. The van der Waals surface area contributed by atoms with Gasteiger partial charge in [0.15, 0.2) is 5.78 Å². The van der Waals surface area contributed by atoms with E-state index in [1.54, 1.807) is 24.3 Å². The number of rotatable bonds is 5. The molecule has 3 rings (SSSR count). The van der Waals surface area contributed by atoms with E-state index in [-0.39, 0.29) is 17.4 Å². The number of pyridine rings is 1. The number of ketones is 1. The highest BCUT2D eigenvalue weighted by Gasteiger charge is 2.19. The molecule has 6 heteroatoms. The number of fused-ring (bicyclic) bond motifs is 1. The highest BCUT2D eigenvalue weighted by Crippen LogP contribution is 2.29. The molecular weight excluding hydrogens is 358 g/mol. The maximum Gasteiger partial charge on any atom is 0.234 e. The van der Waals surface area contributed by atoms with Crippen LogP contribution in [0.15, 0.2) is 35.4 Å². The fourth-order valence-corrected chi connectivity index (χ4v) is 3.91. The summed E-state index contributed by atoms with van der Waals surface area (Å²) in [5.74, 6) is 0.600. The summed E-state index contributed by atoms with van der Waals surface area (Å²) >= 11 is 1.28. The lowest BCUT2D eigenvalue weighted by Gasteiger charge is -2.21. The normalized spacial score (nSPS) is 15.5. The third kappa shape index (κ3) is 4.75. The molecule has 0 aliphatic heterocycles. The van der Waals surface area contributed by atoms with E-state index in [1.165, 1.54) is 18.7 Å². The van der Waals surface area contributed by atoms with E-state index in [9.17, 15) is 14.9 Å². The molecule has 1 amide bonds. The lowest BCUT2D eigenvalue weighted by molar-refractivity contribution is -0.113. The van der Waals surface area contributed by atoms with Gasteiger partial charge in [-0.2, -0.15) is 5.26 Å². The molecule has 1 aliphatic carbocycles. The second-order valence-electron chi connectivity index (χ2n) is 6.88. The van der Waals surface area contributed by atoms with Crippen LogP contribution in [-0.2, 0) is 17.6 Å². The topological polar surface area (TPSA) is 82.8 Å². The fourth-order valence-electron chi connectivity index (χ4n) is 3.14. The summed E-state index contributed by atoms with van der Waals surface area (Å²) in [6.45, 7) is 3.72. The number of anilines is 1. The third-order valence-electron chi connectivity index (χ3n) is 4.63. The molecule has 0 bridgehead atoms. The van der Waals surface area contributed by atoms with Crippen LogP contribution in [0, 0.1) is 17.2 Å². The summed E-state index contributed by atoms with van der Waals surface area (Å²) in [7, 11) is 0. The minimum Gasteiger partial charge on any atom is -0.325 e. The first-order valence-electron chi connectivity index (χ1n) is 8.93. The molecule has 5 nitrogen and oxygen atoms in total. The molecular formula is C21H21N3O2S. The number of nitriles is 1. The van der Waals surface area contributed by atoms with Crippen LogP contribution in [0.1, 0.15) is 47.4 Å². The third-order valence-corrected chi connectivity index (χ3v) is 5.63. The van der Waals surface area contributed by atoms with E-state index >= 15 is 0 Å². The molecule has 0 fully saturated rings. The average Bonchev–Trinajstić information content (AvgIpc) is 2.66. The van der Waals surface area contributed by atoms with Gasteiger partial charge in [-0.05, 0) is 68.0 Å². The van der Waals surface area contributed by atoms with E-state index < -0.39 is 0 Å². The molecule has 27 heavy (non-hydrogen) atoms. The number of aromatic nitrogens is 1. The number of nitrogens with zero attached hydrogens (tertiary/aromatic N) is 2. The van der Waals surface area contributed by atoms with Crippen molar-refractivity contribution in [1.29, 1.82) is 5.26 Å². The van der Waals surface area contributed by atoms with Crippen LogP contribution in [0.4, 0.5) is 5.69 Å². The van der Waals surface area contributed by atoms with Gasteiger partial charge in [-0.3, -0.25) is 9.59 Å². The van der Waals surface area contributed by atoms with E-state index in [4.69, 9.17) is 0 Å². The van der Waals surface area contributed by atoms with Crippen molar-refractivity contribution < 1.29 is 9.59 Å². The zero-order valence-corrected chi connectivity index (χ0v) is 16.2. The Morgan fingerprint density at radius 1 is 1.33 bits per heavy atom. The Balaban J connectivity index is 1.65. The Morgan fingerprint density at radius 3 is 2.74 bits per heavy atom. The molecule has 1 aromatic carbocycles. The van der Waals surface area contributed by atoms with Crippen molar-refractivity contribution in [3.05, 3.63) is 52.7 Å². The molecule has 0 radical (unpaired) electrons. The highest BCUT2D eigenvalue weighted by molar-refractivity contribution is 8.00. The molecule has 1 heterocycles. The molecule has 138 valence electrons. The monoisotopic (exact) mass is 379 g/mol. The zero-order valence-electron chi connectivity index (χ0n) is 15.4. The Morgan fingerprint density at radius 2 is 2.07 bits per heavy atom. The van der Waals surface area contributed by atoms with Gasteiger partial charge in [-0.1, -0.05) is 18.7 Å². The Labute approximate surface area is 163 Å². The summed E-state index contributed by atoms with van der Waals surface area (Å²) < 4.78 is 0. The van der Waals surface area contributed by atoms with Crippen LogP contribution in [0.2, 0.25) is 0 Å². The van der Waals surface area contributed by atoms with Crippen molar-refractivity contribution in [1.82, 2.24) is 4.98 Å². The first kappa shape index (κ1) is 19.1. The number of hydrogen-bond acceptors (Lipinski definition) is 5. The Kier molecular flexibility index (Phi) is 5.92. The van der Waals surface area contributed by atoms with Crippen LogP contribution < -0.4 is 5.32 Å². The van der Waals surface area contributed by atoms with Gasteiger partial charge in [0.05, 0.1) is 11.3 Å². The number of thioether (sulfide) groups is 1. The van der Waals surface area contributed by atoms with Gasteiger partial charge in [0.1, 0.15) is 11.1 Å². The molecule has 1 atom stereocenters. The molecule has 1 unspecified atom stereocenters. The number of hydrogen-bond donors (Lipinski definition) is 1. The predicted molar refractivity (Wildman–Crippen MR) is 106 cm³/mol. The number of aryl methyl sites for hydroxylation is 1. The number of Topliss-reactive ketones (excluding diaryl/α,β-unsaturated/α-hetero) is 1. The summed E-state index contributed by atoms with van der Waals surface area (Å²) in [6, 6.07) is 10.9. The van der Waals surface area contributed by atoms with Crippen LogP contribution >= 0.6 is 11.8 Å². The summed E-state index contributed by atoms with van der Waals surface area (Å²) in [5, 5.41) is 12.8. The van der Waals surface area contributed by atoms with E-state index in [0.29, 0.717) is 27.8 Å². The zero-order chi connectivity index (χ0) is 19.4. The first-order chi connectivity index (χ1) is 13.0. The number of benzene rings is 1. The van der Waals surface area contributed by atoms with Crippen LogP contribution in [0.5, 0.6) is 0 Å². The van der Waals surface area contributed by atoms with Gasteiger partial charge in [-0.15, -0.1) is 0 Å². The second-order valence-corrected chi connectivity index (χ2v) is 7.84. The molecule has 2 aromatic rings. The molecule has 0 spiro atoms. The minimum atomic E-state index is -0.174. The fraction of sp³-hybridized carbons (Fsp3) is 0.333. The van der Waals surface area contributed by atoms with E-state index in [2.05, 4.69) is 23.3 Å². The second kappa shape index (κ2) is 8.36. The quantitative estimate of drug-likeness (QED) is 0.627. The number of nitrogens with one attached hydrogen (secondary N) is 1. The van der Waals surface area contributed by atoms with Crippen LogP contribution in [-0.4, -0.2) is 22.4 Å². The lowest BCUT2D eigenvalue weighted by atomic mass is 9.87. The standard InChI is InChI=1S/C21H21N3O2S/c1-13-3-8-19-16(9-13)10-17(11-22)21(24-19)27-12-20(26)23-18-6-4-15(5-7-18)14(2)25/h4-7,10,13H,3,8-9,12H2,1-2H3,(H,23,26).